The van der Waals surface area contributed by atoms with Gasteiger partial charge in [-0.2, -0.15) is 9.15 Å². The Kier molecular flexibility index (Phi) is 9.87. The predicted octanol–water partition coefficient (Wildman–Crippen LogP) is 12.5. The van der Waals surface area contributed by atoms with Crippen molar-refractivity contribution in [3.63, 3.8) is 0 Å². The third kappa shape index (κ3) is 6.43. The van der Waals surface area contributed by atoms with Gasteiger partial charge in [-0.15, -0.1) is 0 Å². The van der Waals surface area contributed by atoms with Crippen molar-refractivity contribution in [1.29, 1.82) is 0 Å². The third-order valence-electron chi connectivity index (χ3n) is 12.5. The van der Waals surface area contributed by atoms with Gasteiger partial charge in [0.15, 0.2) is 11.4 Å². The molecule has 0 spiro atoms. The molecule has 0 aromatic heterocycles. The number of allylic oxidation sites excluding steroid dienone is 2. The van der Waals surface area contributed by atoms with Crippen molar-refractivity contribution in [2.75, 3.05) is 23.7 Å². The van der Waals surface area contributed by atoms with E-state index in [1.807, 2.05) is 0 Å². The maximum absolute atomic E-state index is 3.69. The van der Waals surface area contributed by atoms with Crippen LogP contribution in [0.15, 0.2) is 182 Å². The van der Waals surface area contributed by atoms with Gasteiger partial charge < -0.3 is 10.6 Å². The van der Waals surface area contributed by atoms with Crippen molar-refractivity contribution < 1.29 is 9.15 Å². The highest BCUT2D eigenvalue weighted by molar-refractivity contribution is 6.09. The van der Waals surface area contributed by atoms with Gasteiger partial charge >= 0.3 is 0 Å². The highest BCUT2D eigenvalue weighted by Gasteiger charge is 2.49. The van der Waals surface area contributed by atoms with Crippen LogP contribution in [0.5, 0.6) is 0 Å². The van der Waals surface area contributed by atoms with Crippen molar-refractivity contribution in [3.8, 4) is 0 Å². The summed E-state index contributed by atoms with van der Waals surface area (Å²) in [5.74, 6) is 0. The summed E-state index contributed by atoms with van der Waals surface area (Å²) in [7, 11) is 0. The highest BCUT2D eigenvalue weighted by Crippen LogP contribution is 2.48. The first-order valence-corrected chi connectivity index (χ1v) is 20.8. The van der Waals surface area contributed by atoms with Crippen LogP contribution in [0.25, 0.3) is 21.5 Å². The van der Waals surface area contributed by atoms with Crippen LogP contribution in [0.1, 0.15) is 49.9 Å². The van der Waals surface area contributed by atoms with Gasteiger partial charge in [-0.25, -0.2) is 0 Å². The number of rotatable bonds is 12. The van der Waals surface area contributed by atoms with Crippen LogP contribution in [0.2, 0.25) is 0 Å². The first kappa shape index (κ1) is 37.1. The van der Waals surface area contributed by atoms with Gasteiger partial charge in [-0.1, -0.05) is 121 Å². The van der Waals surface area contributed by atoms with E-state index in [9.17, 15) is 0 Å². The molecule has 0 aliphatic carbocycles. The van der Waals surface area contributed by atoms with Crippen molar-refractivity contribution >= 4 is 55.7 Å². The lowest BCUT2D eigenvalue weighted by molar-refractivity contribution is -0.433. The molecule has 9 rings (SSSR count). The zero-order chi connectivity index (χ0) is 39.7. The molecule has 0 bridgehead atoms. The fourth-order valence-corrected chi connectivity index (χ4v) is 9.99. The Morgan fingerprint density at radius 1 is 0.448 bits per heavy atom. The lowest BCUT2D eigenvalue weighted by Gasteiger charge is -2.24. The molecule has 2 unspecified atom stereocenters. The Balaban J connectivity index is 1.03. The number of nitrogens with one attached hydrogen (secondary N) is 2. The van der Waals surface area contributed by atoms with E-state index in [1.54, 1.807) is 0 Å². The summed E-state index contributed by atoms with van der Waals surface area (Å²) < 4.78 is 5.00. The number of fused-ring (bicyclic) bond motifs is 6. The molecule has 4 heteroatoms. The molecule has 7 aromatic carbocycles. The van der Waals surface area contributed by atoms with E-state index < -0.39 is 0 Å². The Bertz CT molecular complexity index is 2580. The van der Waals surface area contributed by atoms with Crippen molar-refractivity contribution in [2.45, 2.75) is 51.4 Å². The average molecular weight is 757 g/mol. The monoisotopic (exact) mass is 756 g/mol. The second-order valence-electron chi connectivity index (χ2n) is 16.1. The fraction of sp³-hybridized carbons (Fsp3) is 0.185. The maximum Gasteiger partial charge on any atom is 0.210 e. The molecule has 0 radical (unpaired) electrons. The predicted molar refractivity (Wildman–Crippen MR) is 246 cm³/mol. The molecule has 7 aromatic rings. The second-order valence-corrected chi connectivity index (χ2v) is 16.1. The number of hydrogen-bond donors (Lipinski definition) is 2. The molecule has 2 N–H and O–H groups in total. The van der Waals surface area contributed by atoms with Crippen LogP contribution < -0.4 is 10.6 Å². The smallest absolute Gasteiger partial charge is 0.210 e. The van der Waals surface area contributed by atoms with E-state index in [1.165, 1.54) is 66.6 Å². The topological polar surface area (TPSA) is 30.1 Å². The van der Waals surface area contributed by atoms with E-state index in [0.29, 0.717) is 0 Å². The van der Waals surface area contributed by atoms with Gasteiger partial charge in [0.2, 0.25) is 11.4 Å². The Morgan fingerprint density at radius 3 is 1.24 bits per heavy atom. The Hall–Kier alpha value is -6.52. The number of para-hydroxylation sites is 2. The number of benzene rings is 7. The molecule has 2 heterocycles. The zero-order valence-corrected chi connectivity index (χ0v) is 34.0. The standard InChI is InChI=1S/C54H50N4/c1-5-57-47-31-29-41-23-13-15-25-43(41)51(47)53(3,37-39-19-9-7-10-20-39)49(57)33-35-55-45-27-17-18-28-46(45)56-36-34-50-54(4,38-40-21-11-8-12-22-40)52-44-26-16-14-24-42(44)30-32-48(52)58(50)6-2/h7-36H,5-6,37-38H2,1-4H3/p+2. The minimum absolute atomic E-state index is 0.231. The van der Waals surface area contributed by atoms with Gasteiger partial charge in [0.1, 0.15) is 13.1 Å². The van der Waals surface area contributed by atoms with E-state index in [0.717, 1.165) is 37.3 Å². The zero-order valence-electron chi connectivity index (χ0n) is 34.0. The molecule has 0 saturated heterocycles. The lowest BCUT2D eigenvalue weighted by atomic mass is 9.73. The van der Waals surface area contributed by atoms with E-state index in [4.69, 9.17) is 0 Å². The van der Waals surface area contributed by atoms with Crippen LogP contribution in [0.3, 0.4) is 0 Å². The summed E-state index contributed by atoms with van der Waals surface area (Å²) in [6.45, 7) is 11.1. The molecule has 2 aliphatic rings. The Labute approximate surface area is 343 Å². The normalized spacial score (nSPS) is 18.8. The second kappa shape index (κ2) is 15.4. The van der Waals surface area contributed by atoms with Gasteiger partial charge in [0.05, 0.1) is 22.2 Å². The SMILES string of the molecule is CC[N+]1=C(C=CNc2ccccc2NC=CC2=[N+](CC)c3ccc4ccccc4c3C2(C)Cc2ccccc2)C(C)(Cc2ccccc2)c2c1ccc1ccccc21. The lowest BCUT2D eigenvalue weighted by Crippen LogP contribution is -2.34. The Morgan fingerprint density at radius 2 is 0.828 bits per heavy atom. The van der Waals surface area contributed by atoms with Crippen molar-refractivity contribution in [1.82, 2.24) is 0 Å². The number of anilines is 2. The van der Waals surface area contributed by atoms with Gasteiger partial charge in [-0.05, 0) is 97.5 Å². The maximum atomic E-state index is 3.69. The molecule has 58 heavy (non-hydrogen) atoms. The molecular weight excluding hydrogens is 705 g/mol. The number of nitrogens with zero attached hydrogens (tertiary/aromatic N) is 2. The number of hydrogen-bond acceptors (Lipinski definition) is 2. The molecule has 4 nitrogen and oxygen atoms in total. The molecular formula is C54H52N4+2. The summed E-state index contributed by atoms with van der Waals surface area (Å²) in [4.78, 5) is 0. The van der Waals surface area contributed by atoms with Crippen LogP contribution in [0, 0.1) is 0 Å². The van der Waals surface area contributed by atoms with Crippen LogP contribution in [0.4, 0.5) is 22.7 Å². The molecule has 2 atom stereocenters. The van der Waals surface area contributed by atoms with E-state index in [2.05, 4.69) is 230 Å². The quantitative estimate of drug-likeness (QED) is 0.122. The molecule has 0 amide bonds. The van der Waals surface area contributed by atoms with Crippen molar-refractivity contribution in [2.24, 2.45) is 0 Å². The van der Waals surface area contributed by atoms with E-state index in [-0.39, 0.29) is 10.8 Å². The highest BCUT2D eigenvalue weighted by atomic mass is 15.1. The largest absolute Gasteiger partial charge is 0.360 e. The molecule has 0 saturated carbocycles. The molecule has 0 fully saturated rings. The van der Waals surface area contributed by atoms with Crippen LogP contribution >= 0.6 is 0 Å². The van der Waals surface area contributed by atoms with Crippen LogP contribution in [-0.4, -0.2) is 33.7 Å². The first-order chi connectivity index (χ1) is 28.4. The first-order valence-electron chi connectivity index (χ1n) is 20.8. The third-order valence-corrected chi connectivity index (χ3v) is 12.5. The van der Waals surface area contributed by atoms with E-state index >= 15 is 0 Å². The summed E-state index contributed by atoms with van der Waals surface area (Å²) in [6.07, 6.45) is 10.7. The van der Waals surface area contributed by atoms with Crippen molar-refractivity contribution in [3.05, 3.63) is 205 Å². The summed E-state index contributed by atoms with van der Waals surface area (Å²) >= 11 is 0. The van der Waals surface area contributed by atoms with Gasteiger partial charge in [0.25, 0.3) is 0 Å². The summed E-state index contributed by atoms with van der Waals surface area (Å²) in [5, 5.41) is 12.6. The fourth-order valence-electron chi connectivity index (χ4n) is 9.99. The van der Waals surface area contributed by atoms with Gasteiger partial charge in [0, 0.05) is 47.8 Å². The summed E-state index contributed by atoms with van der Waals surface area (Å²) in [6, 6.07) is 57.2. The van der Waals surface area contributed by atoms with Crippen LogP contribution in [-0.2, 0) is 23.7 Å². The van der Waals surface area contributed by atoms with Gasteiger partial charge in [-0.3, -0.25) is 0 Å². The molecule has 286 valence electrons. The minimum Gasteiger partial charge on any atom is -0.360 e. The minimum atomic E-state index is -0.231. The summed E-state index contributed by atoms with van der Waals surface area (Å²) in [5.41, 5.74) is 12.2. The average Bonchev–Trinajstić information content (AvgIpc) is 3.65. The molecule has 2 aliphatic heterocycles.